The molecule has 0 atom stereocenters. The van der Waals surface area contributed by atoms with Crippen LogP contribution in [0.5, 0.6) is 0 Å². The van der Waals surface area contributed by atoms with Crippen LogP contribution in [0.15, 0.2) is 24.3 Å². The highest BCUT2D eigenvalue weighted by Crippen LogP contribution is 2.21. The molecular weight excluding hydrogens is 246 g/mol. The number of benzene rings is 1. The van der Waals surface area contributed by atoms with Gasteiger partial charge in [-0.3, -0.25) is 9.69 Å². The Hall–Kier alpha value is -2.55. The predicted octanol–water partition coefficient (Wildman–Crippen LogP) is 1.13. The molecule has 0 spiro atoms. The van der Waals surface area contributed by atoms with Crippen molar-refractivity contribution in [3.63, 3.8) is 0 Å². The Balaban J connectivity index is 2.00. The number of carboxylic acids is 1. The summed E-state index contributed by atoms with van der Waals surface area (Å²) in [5, 5.41) is 17.5. The number of urea groups is 1. The van der Waals surface area contributed by atoms with Crippen LogP contribution < -0.4 is 4.90 Å². The number of anilines is 1. The Labute approximate surface area is 110 Å². The molecule has 1 aromatic rings. The third kappa shape index (κ3) is 2.50. The zero-order valence-electron chi connectivity index (χ0n) is 10.4. The van der Waals surface area contributed by atoms with Gasteiger partial charge in [-0.25, -0.2) is 4.79 Å². The number of hydrogen-bond donors (Lipinski definition) is 1. The number of rotatable bonds is 2. The van der Waals surface area contributed by atoms with E-state index in [0.29, 0.717) is 11.3 Å². The summed E-state index contributed by atoms with van der Waals surface area (Å²) in [6, 6.07) is 8.41. The van der Waals surface area contributed by atoms with Crippen molar-refractivity contribution in [2.75, 3.05) is 25.0 Å². The molecule has 1 heterocycles. The number of carboxylic acid groups (broad SMARTS) is 1. The Morgan fingerprint density at radius 2 is 1.95 bits per heavy atom. The zero-order chi connectivity index (χ0) is 14.0. The molecule has 0 bridgehead atoms. The van der Waals surface area contributed by atoms with Crippen molar-refractivity contribution in [1.29, 1.82) is 5.26 Å². The van der Waals surface area contributed by atoms with Gasteiger partial charge < -0.3 is 10.0 Å². The average Bonchev–Trinajstić information content (AvgIpc) is 2.35. The molecule has 1 N–H and O–H groups in total. The minimum Gasteiger partial charge on any atom is -0.481 e. The minimum atomic E-state index is -0.870. The van der Waals surface area contributed by atoms with E-state index in [1.165, 1.54) is 9.80 Å². The molecule has 2 rings (SSSR count). The molecule has 0 radical (unpaired) electrons. The highest BCUT2D eigenvalue weighted by atomic mass is 16.4. The van der Waals surface area contributed by atoms with E-state index in [0.717, 1.165) is 0 Å². The second-order valence-corrected chi connectivity index (χ2v) is 4.44. The third-order valence-corrected chi connectivity index (χ3v) is 3.17. The Morgan fingerprint density at radius 3 is 2.42 bits per heavy atom. The molecule has 6 heteroatoms. The lowest BCUT2D eigenvalue weighted by atomic mass is 10.0. The largest absolute Gasteiger partial charge is 0.481 e. The maximum Gasteiger partial charge on any atom is 0.324 e. The Bertz CT molecular complexity index is 541. The second kappa shape index (κ2) is 4.98. The summed E-state index contributed by atoms with van der Waals surface area (Å²) < 4.78 is 0. The summed E-state index contributed by atoms with van der Waals surface area (Å²) in [5.74, 6) is -1.33. The molecule has 6 nitrogen and oxygen atoms in total. The van der Waals surface area contributed by atoms with Crippen LogP contribution in [-0.4, -0.2) is 42.1 Å². The predicted molar refractivity (Wildman–Crippen MR) is 67.7 cm³/mol. The number of amides is 2. The number of nitriles is 1. The first-order valence-corrected chi connectivity index (χ1v) is 5.78. The van der Waals surface area contributed by atoms with Crippen LogP contribution >= 0.6 is 0 Å². The van der Waals surface area contributed by atoms with Gasteiger partial charge in [-0.1, -0.05) is 0 Å². The summed E-state index contributed by atoms with van der Waals surface area (Å²) in [6.45, 7) is 0.490. The first kappa shape index (κ1) is 12.9. The monoisotopic (exact) mass is 259 g/mol. The van der Waals surface area contributed by atoms with Gasteiger partial charge in [0.2, 0.25) is 0 Å². The van der Waals surface area contributed by atoms with Crippen LogP contribution in [0.25, 0.3) is 0 Å². The molecular formula is C13H13N3O3. The van der Waals surface area contributed by atoms with Gasteiger partial charge >= 0.3 is 12.0 Å². The molecule has 0 aromatic heterocycles. The smallest absolute Gasteiger partial charge is 0.324 e. The molecule has 1 aliphatic heterocycles. The summed E-state index contributed by atoms with van der Waals surface area (Å²) in [6.07, 6.45) is 0. The fraction of sp³-hybridized carbons (Fsp3) is 0.308. The van der Waals surface area contributed by atoms with E-state index >= 15 is 0 Å². The fourth-order valence-electron chi connectivity index (χ4n) is 1.87. The van der Waals surface area contributed by atoms with E-state index in [-0.39, 0.29) is 19.1 Å². The summed E-state index contributed by atoms with van der Waals surface area (Å²) in [7, 11) is 1.62. The van der Waals surface area contributed by atoms with Crippen molar-refractivity contribution in [2.24, 2.45) is 5.92 Å². The molecule has 2 amide bonds. The van der Waals surface area contributed by atoms with Crippen molar-refractivity contribution in [3.8, 4) is 6.07 Å². The first-order valence-electron chi connectivity index (χ1n) is 5.78. The summed E-state index contributed by atoms with van der Waals surface area (Å²) in [5.41, 5.74) is 1.20. The molecule has 0 unspecified atom stereocenters. The van der Waals surface area contributed by atoms with Crippen molar-refractivity contribution in [1.82, 2.24) is 4.90 Å². The van der Waals surface area contributed by atoms with Crippen LogP contribution in [-0.2, 0) is 4.79 Å². The van der Waals surface area contributed by atoms with E-state index in [1.54, 1.807) is 31.3 Å². The third-order valence-electron chi connectivity index (χ3n) is 3.17. The Morgan fingerprint density at radius 1 is 1.37 bits per heavy atom. The normalized spacial score (nSPS) is 14.4. The maximum absolute atomic E-state index is 12.0. The number of likely N-dealkylation sites (tertiary alicyclic amines) is 1. The van der Waals surface area contributed by atoms with E-state index in [9.17, 15) is 9.59 Å². The second-order valence-electron chi connectivity index (χ2n) is 4.44. The van der Waals surface area contributed by atoms with E-state index in [4.69, 9.17) is 10.4 Å². The molecule has 1 aromatic carbocycles. The molecule has 0 aliphatic carbocycles. The number of nitrogens with zero attached hydrogens (tertiary/aromatic N) is 3. The first-order chi connectivity index (χ1) is 9.02. The molecule has 1 aliphatic rings. The number of hydrogen-bond acceptors (Lipinski definition) is 3. The van der Waals surface area contributed by atoms with Crippen LogP contribution in [0.2, 0.25) is 0 Å². The molecule has 19 heavy (non-hydrogen) atoms. The lowest BCUT2D eigenvalue weighted by Crippen LogP contribution is -2.56. The van der Waals surface area contributed by atoms with Gasteiger partial charge in [-0.2, -0.15) is 5.26 Å². The van der Waals surface area contributed by atoms with Gasteiger partial charge in [0, 0.05) is 25.8 Å². The SMILES string of the molecule is CN(C(=O)N1CC(C(=O)O)C1)c1ccc(C#N)cc1. The van der Waals surface area contributed by atoms with Crippen LogP contribution in [0.3, 0.4) is 0 Å². The lowest BCUT2D eigenvalue weighted by molar-refractivity contribution is -0.145. The molecule has 1 saturated heterocycles. The fourth-order valence-corrected chi connectivity index (χ4v) is 1.87. The van der Waals surface area contributed by atoms with Crippen LogP contribution in [0, 0.1) is 17.2 Å². The lowest BCUT2D eigenvalue weighted by Gasteiger charge is -2.38. The number of carbonyl (C=O) groups excluding carboxylic acids is 1. The van der Waals surface area contributed by atoms with Crippen molar-refractivity contribution >= 4 is 17.7 Å². The van der Waals surface area contributed by atoms with Gasteiger partial charge in [0.1, 0.15) is 0 Å². The standard InChI is InChI=1S/C13H13N3O3/c1-15(11-4-2-9(6-14)3-5-11)13(19)16-7-10(8-16)12(17)18/h2-5,10H,7-8H2,1H3,(H,17,18). The number of aliphatic carboxylic acids is 1. The van der Waals surface area contributed by atoms with Crippen LogP contribution in [0.4, 0.5) is 10.5 Å². The van der Waals surface area contributed by atoms with E-state index < -0.39 is 11.9 Å². The Kier molecular flexibility index (Phi) is 3.38. The van der Waals surface area contributed by atoms with Crippen molar-refractivity contribution < 1.29 is 14.7 Å². The van der Waals surface area contributed by atoms with Gasteiger partial charge in [-0.05, 0) is 24.3 Å². The summed E-state index contributed by atoms with van der Waals surface area (Å²) >= 11 is 0. The van der Waals surface area contributed by atoms with Crippen molar-refractivity contribution in [3.05, 3.63) is 29.8 Å². The zero-order valence-corrected chi connectivity index (χ0v) is 10.4. The number of carbonyl (C=O) groups is 2. The highest BCUT2D eigenvalue weighted by molar-refractivity contribution is 5.93. The molecule has 1 fully saturated rings. The van der Waals surface area contributed by atoms with Crippen molar-refractivity contribution in [2.45, 2.75) is 0 Å². The minimum absolute atomic E-state index is 0.234. The molecule has 0 saturated carbocycles. The molecule has 98 valence electrons. The van der Waals surface area contributed by atoms with Gasteiger partial charge in [0.05, 0.1) is 17.6 Å². The average molecular weight is 259 g/mol. The quantitative estimate of drug-likeness (QED) is 0.862. The van der Waals surface area contributed by atoms with Gasteiger partial charge in [0.25, 0.3) is 0 Å². The maximum atomic E-state index is 12.0. The topological polar surface area (TPSA) is 84.6 Å². The van der Waals surface area contributed by atoms with Gasteiger partial charge in [-0.15, -0.1) is 0 Å². The van der Waals surface area contributed by atoms with Gasteiger partial charge in [0.15, 0.2) is 0 Å². The highest BCUT2D eigenvalue weighted by Gasteiger charge is 2.37. The van der Waals surface area contributed by atoms with E-state index in [2.05, 4.69) is 0 Å². The van der Waals surface area contributed by atoms with E-state index in [1.807, 2.05) is 6.07 Å². The summed E-state index contributed by atoms with van der Waals surface area (Å²) in [4.78, 5) is 25.6. The van der Waals surface area contributed by atoms with Crippen LogP contribution in [0.1, 0.15) is 5.56 Å².